The molecule has 1 heterocycles. The summed E-state index contributed by atoms with van der Waals surface area (Å²) in [5.41, 5.74) is 3.18. The lowest BCUT2D eigenvalue weighted by atomic mass is 9.99. The van der Waals surface area contributed by atoms with E-state index in [4.69, 9.17) is 5.11 Å². The largest absolute Gasteiger partial charge is 0.395 e. The first-order valence-electron chi connectivity index (χ1n) is 5.15. The third-order valence-electron chi connectivity index (χ3n) is 2.68. The number of nitrogens with zero attached hydrogens (tertiary/aromatic N) is 1. The van der Waals surface area contributed by atoms with Gasteiger partial charge in [0.1, 0.15) is 0 Å². The van der Waals surface area contributed by atoms with Crippen molar-refractivity contribution in [2.45, 2.75) is 19.8 Å². The fourth-order valence-electron chi connectivity index (χ4n) is 1.96. The summed E-state index contributed by atoms with van der Waals surface area (Å²) in [6, 6.07) is 7.00. The minimum Gasteiger partial charge on any atom is -0.395 e. The van der Waals surface area contributed by atoms with Gasteiger partial charge < -0.3 is 10.0 Å². The van der Waals surface area contributed by atoms with Gasteiger partial charge in [0.05, 0.1) is 6.61 Å². The first-order chi connectivity index (χ1) is 7.22. The van der Waals surface area contributed by atoms with Crippen molar-refractivity contribution in [3.63, 3.8) is 0 Å². The van der Waals surface area contributed by atoms with Gasteiger partial charge in [-0.15, -0.1) is 0 Å². The Kier molecular flexibility index (Phi) is 2.73. The van der Waals surface area contributed by atoms with Crippen molar-refractivity contribution in [2.75, 3.05) is 18.1 Å². The van der Waals surface area contributed by atoms with Gasteiger partial charge in [0.2, 0.25) is 5.91 Å². The highest BCUT2D eigenvalue weighted by molar-refractivity contribution is 5.96. The molecule has 0 atom stereocenters. The Hall–Kier alpha value is -1.35. The fraction of sp³-hybridized carbons (Fsp3) is 0.417. The zero-order valence-electron chi connectivity index (χ0n) is 8.79. The van der Waals surface area contributed by atoms with Crippen LogP contribution in [-0.4, -0.2) is 24.2 Å². The van der Waals surface area contributed by atoms with Gasteiger partial charge >= 0.3 is 0 Å². The quantitative estimate of drug-likeness (QED) is 0.782. The van der Waals surface area contributed by atoms with Gasteiger partial charge in [-0.05, 0) is 36.6 Å². The van der Waals surface area contributed by atoms with E-state index in [9.17, 15) is 4.79 Å². The molecule has 1 amide bonds. The van der Waals surface area contributed by atoms with Crippen LogP contribution in [0.2, 0.25) is 0 Å². The number of aryl methyl sites for hydroxylation is 2. The molecule has 0 unspecified atom stereocenters. The number of aliphatic hydroxyl groups is 1. The third-order valence-corrected chi connectivity index (χ3v) is 2.68. The lowest BCUT2D eigenvalue weighted by Gasteiger charge is -2.28. The number of carbonyl (C=O) groups excluding carboxylic acids is 1. The topological polar surface area (TPSA) is 40.5 Å². The molecular formula is C12H14NO2. The van der Waals surface area contributed by atoms with Crippen molar-refractivity contribution in [1.82, 2.24) is 0 Å². The predicted molar refractivity (Wildman–Crippen MR) is 57.8 cm³/mol. The van der Waals surface area contributed by atoms with Gasteiger partial charge in [0, 0.05) is 18.7 Å². The summed E-state index contributed by atoms with van der Waals surface area (Å²) in [5, 5.41) is 8.91. The van der Waals surface area contributed by atoms with Crippen molar-refractivity contribution in [2.24, 2.45) is 0 Å². The van der Waals surface area contributed by atoms with Crippen molar-refractivity contribution in [3.05, 3.63) is 29.3 Å². The monoisotopic (exact) mass is 204 g/mol. The van der Waals surface area contributed by atoms with Gasteiger partial charge in [-0.1, -0.05) is 6.07 Å². The van der Waals surface area contributed by atoms with Crippen LogP contribution in [0.3, 0.4) is 0 Å². The van der Waals surface area contributed by atoms with E-state index >= 15 is 0 Å². The van der Waals surface area contributed by atoms with E-state index in [-0.39, 0.29) is 12.5 Å². The van der Waals surface area contributed by atoms with Crippen LogP contribution in [0.1, 0.15) is 17.5 Å². The van der Waals surface area contributed by atoms with Gasteiger partial charge in [-0.3, -0.25) is 4.79 Å². The first-order valence-corrected chi connectivity index (χ1v) is 5.15. The molecule has 0 saturated heterocycles. The molecule has 0 aromatic heterocycles. The average molecular weight is 204 g/mol. The molecule has 1 N–H and O–H groups in total. The standard InChI is InChI=1S/C12H14NO2/c1-9-2-4-11-10(8-9)3-5-12(15)13(11)6-7-14/h4,8,14H,3,5-7H2,1H3. The lowest BCUT2D eigenvalue weighted by Crippen LogP contribution is -2.37. The second-order valence-corrected chi connectivity index (χ2v) is 3.80. The summed E-state index contributed by atoms with van der Waals surface area (Å²) >= 11 is 0. The molecule has 1 aromatic rings. The molecule has 0 fully saturated rings. The maximum Gasteiger partial charge on any atom is 0.227 e. The SMILES string of the molecule is Cc1[c]cc2c(c1)CCC(=O)N2CCO. The van der Waals surface area contributed by atoms with E-state index in [1.807, 2.05) is 13.0 Å². The summed E-state index contributed by atoms with van der Waals surface area (Å²) in [7, 11) is 0. The lowest BCUT2D eigenvalue weighted by molar-refractivity contribution is -0.119. The van der Waals surface area contributed by atoms with Crippen LogP contribution in [-0.2, 0) is 11.2 Å². The fourth-order valence-corrected chi connectivity index (χ4v) is 1.96. The van der Waals surface area contributed by atoms with Gasteiger partial charge in [-0.25, -0.2) is 0 Å². The number of rotatable bonds is 2. The van der Waals surface area contributed by atoms with Gasteiger partial charge in [-0.2, -0.15) is 0 Å². The number of anilines is 1. The maximum atomic E-state index is 11.6. The molecule has 0 saturated carbocycles. The van der Waals surface area contributed by atoms with E-state index in [0.29, 0.717) is 13.0 Å². The van der Waals surface area contributed by atoms with Crippen molar-refractivity contribution < 1.29 is 9.90 Å². The average Bonchev–Trinajstić information content (AvgIpc) is 2.22. The smallest absolute Gasteiger partial charge is 0.227 e. The second-order valence-electron chi connectivity index (χ2n) is 3.80. The molecule has 79 valence electrons. The Balaban J connectivity index is 2.39. The van der Waals surface area contributed by atoms with Crippen LogP contribution in [0, 0.1) is 13.0 Å². The number of hydrogen-bond donors (Lipinski definition) is 1. The zero-order valence-corrected chi connectivity index (χ0v) is 8.79. The van der Waals surface area contributed by atoms with Gasteiger partial charge in [0.15, 0.2) is 0 Å². The zero-order chi connectivity index (χ0) is 10.8. The molecule has 3 nitrogen and oxygen atoms in total. The Morgan fingerprint density at radius 1 is 1.53 bits per heavy atom. The molecule has 0 bridgehead atoms. The second kappa shape index (κ2) is 4.03. The van der Waals surface area contributed by atoms with E-state index in [0.717, 1.165) is 17.7 Å². The van der Waals surface area contributed by atoms with E-state index in [1.165, 1.54) is 5.56 Å². The molecule has 2 rings (SSSR count). The van der Waals surface area contributed by atoms with Gasteiger partial charge in [0.25, 0.3) is 0 Å². The van der Waals surface area contributed by atoms with Crippen LogP contribution in [0.5, 0.6) is 0 Å². The normalized spacial score (nSPS) is 15.3. The van der Waals surface area contributed by atoms with Crippen LogP contribution in [0.25, 0.3) is 0 Å². The number of hydrogen-bond acceptors (Lipinski definition) is 2. The molecule has 1 aliphatic heterocycles. The molecule has 15 heavy (non-hydrogen) atoms. The van der Waals surface area contributed by atoms with Crippen LogP contribution >= 0.6 is 0 Å². The number of carbonyl (C=O) groups is 1. The van der Waals surface area contributed by atoms with Crippen molar-refractivity contribution in [3.8, 4) is 0 Å². The molecule has 1 aromatic carbocycles. The highest BCUT2D eigenvalue weighted by Crippen LogP contribution is 2.27. The van der Waals surface area contributed by atoms with Crippen LogP contribution < -0.4 is 4.90 Å². The summed E-state index contributed by atoms with van der Waals surface area (Å²) in [6.45, 7) is 2.37. The predicted octanol–water partition coefficient (Wildman–Crippen LogP) is 1.07. The summed E-state index contributed by atoms with van der Waals surface area (Å²) in [6.07, 6.45) is 1.34. The van der Waals surface area contributed by atoms with E-state index < -0.39 is 0 Å². The number of aliphatic hydroxyl groups excluding tert-OH is 1. The molecule has 0 aliphatic carbocycles. The Morgan fingerprint density at radius 3 is 3.07 bits per heavy atom. The highest BCUT2D eigenvalue weighted by atomic mass is 16.3. The van der Waals surface area contributed by atoms with Crippen molar-refractivity contribution in [1.29, 1.82) is 0 Å². The molecule has 1 radical (unpaired) electrons. The molecule has 1 aliphatic rings. The first kappa shape index (κ1) is 10.2. The number of amides is 1. The van der Waals surface area contributed by atoms with E-state index in [1.54, 1.807) is 4.90 Å². The summed E-state index contributed by atoms with van der Waals surface area (Å²) in [4.78, 5) is 13.3. The summed E-state index contributed by atoms with van der Waals surface area (Å²) < 4.78 is 0. The van der Waals surface area contributed by atoms with Crippen LogP contribution in [0.15, 0.2) is 12.1 Å². The molecule has 3 heteroatoms. The minimum absolute atomic E-state index is 0.000936. The van der Waals surface area contributed by atoms with E-state index in [2.05, 4.69) is 12.1 Å². The number of benzene rings is 1. The maximum absolute atomic E-state index is 11.6. The van der Waals surface area contributed by atoms with Crippen molar-refractivity contribution >= 4 is 11.6 Å². The molecule has 0 spiro atoms. The minimum atomic E-state index is -0.000936. The molecular weight excluding hydrogens is 190 g/mol. The summed E-state index contributed by atoms with van der Waals surface area (Å²) in [5.74, 6) is 0.0915. The third kappa shape index (κ3) is 1.88. The highest BCUT2D eigenvalue weighted by Gasteiger charge is 2.23. The number of fused-ring (bicyclic) bond motifs is 1. The Bertz CT molecular complexity index is 387. The Labute approximate surface area is 89.3 Å². The van der Waals surface area contributed by atoms with Crippen LogP contribution in [0.4, 0.5) is 5.69 Å². The Morgan fingerprint density at radius 2 is 2.33 bits per heavy atom. The number of β-amino-alcohol motifs (C(OH)–C–C–N with tert-alkyl or cyclic N) is 1.